The Balaban J connectivity index is 1.79. The van der Waals surface area contributed by atoms with Gasteiger partial charge in [0.15, 0.2) is 11.5 Å². The van der Waals surface area contributed by atoms with Crippen LogP contribution in [0.15, 0.2) is 42.5 Å². The predicted octanol–water partition coefficient (Wildman–Crippen LogP) is 2.61. The molecule has 0 aliphatic carbocycles. The van der Waals surface area contributed by atoms with Crippen molar-refractivity contribution >= 4 is 5.65 Å². The van der Waals surface area contributed by atoms with E-state index in [1.165, 1.54) is 12.8 Å². The highest BCUT2D eigenvalue weighted by molar-refractivity contribution is 5.59. The Hall–Kier alpha value is -2.27. The van der Waals surface area contributed by atoms with Crippen LogP contribution < -0.4 is 5.32 Å². The smallest absolute Gasteiger partial charge is 0.178 e. The van der Waals surface area contributed by atoms with Crippen LogP contribution in [0.2, 0.25) is 0 Å². The molecule has 2 aromatic heterocycles. The zero-order valence-corrected chi connectivity index (χ0v) is 11.7. The fourth-order valence-electron chi connectivity index (χ4n) is 2.86. The van der Waals surface area contributed by atoms with E-state index in [0.29, 0.717) is 0 Å². The lowest BCUT2D eigenvalue weighted by Crippen LogP contribution is -2.28. The zero-order valence-electron chi connectivity index (χ0n) is 11.7. The van der Waals surface area contributed by atoms with Crippen molar-refractivity contribution in [1.29, 1.82) is 0 Å². The highest BCUT2D eigenvalue weighted by Crippen LogP contribution is 2.23. The number of rotatable bonds is 2. The van der Waals surface area contributed by atoms with E-state index in [1.54, 1.807) is 0 Å². The average Bonchev–Trinajstić information content (AvgIpc) is 2.99. The van der Waals surface area contributed by atoms with Gasteiger partial charge in [-0.2, -0.15) is 9.61 Å². The first-order chi connectivity index (χ1) is 10.4. The molecule has 1 N–H and O–H groups in total. The molecule has 5 heteroatoms. The van der Waals surface area contributed by atoms with Gasteiger partial charge in [-0.15, -0.1) is 10.2 Å². The number of hydrogen-bond acceptors (Lipinski definition) is 4. The summed E-state index contributed by atoms with van der Waals surface area (Å²) < 4.78 is 1.88. The molecule has 1 fully saturated rings. The van der Waals surface area contributed by atoms with Crippen LogP contribution in [0.1, 0.15) is 31.1 Å². The number of hydrogen-bond donors (Lipinski definition) is 1. The van der Waals surface area contributed by atoms with Gasteiger partial charge < -0.3 is 5.32 Å². The third kappa shape index (κ3) is 2.29. The molecule has 1 aromatic carbocycles. The fourth-order valence-corrected chi connectivity index (χ4v) is 2.86. The zero-order chi connectivity index (χ0) is 14.1. The first-order valence-corrected chi connectivity index (χ1v) is 7.43. The summed E-state index contributed by atoms with van der Waals surface area (Å²) in [6.07, 6.45) is 3.55. The minimum absolute atomic E-state index is 0.257. The third-order valence-electron chi connectivity index (χ3n) is 3.98. The molecule has 1 saturated heterocycles. The molecule has 0 saturated carbocycles. The summed E-state index contributed by atoms with van der Waals surface area (Å²) in [5, 5.41) is 16.8. The van der Waals surface area contributed by atoms with E-state index < -0.39 is 0 Å². The summed E-state index contributed by atoms with van der Waals surface area (Å²) in [6.45, 7) is 1.04. The normalized spacial score (nSPS) is 19.0. The van der Waals surface area contributed by atoms with E-state index in [0.717, 1.165) is 35.7 Å². The van der Waals surface area contributed by atoms with Gasteiger partial charge in [-0.1, -0.05) is 36.8 Å². The Morgan fingerprint density at radius 1 is 1.00 bits per heavy atom. The average molecular weight is 279 g/mol. The number of fused-ring (bicyclic) bond motifs is 1. The maximum Gasteiger partial charge on any atom is 0.178 e. The monoisotopic (exact) mass is 279 g/mol. The van der Waals surface area contributed by atoms with Crippen molar-refractivity contribution in [2.75, 3.05) is 6.54 Å². The first kappa shape index (κ1) is 12.5. The predicted molar refractivity (Wildman–Crippen MR) is 80.8 cm³/mol. The summed E-state index contributed by atoms with van der Waals surface area (Å²) in [5.74, 6) is 0.919. The molecule has 3 aromatic rings. The van der Waals surface area contributed by atoms with Crippen molar-refractivity contribution in [2.24, 2.45) is 0 Å². The first-order valence-electron chi connectivity index (χ1n) is 7.43. The van der Waals surface area contributed by atoms with Crippen LogP contribution in [0, 0.1) is 0 Å². The SMILES string of the molecule is c1ccc(-c2ccc3nnc([C@H]4CCCCN4)n3n2)cc1. The van der Waals surface area contributed by atoms with E-state index in [9.17, 15) is 0 Å². The lowest BCUT2D eigenvalue weighted by Gasteiger charge is -2.21. The van der Waals surface area contributed by atoms with Crippen molar-refractivity contribution in [3.05, 3.63) is 48.3 Å². The Kier molecular flexibility index (Phi) is 3.12. The Morgan fingerprint density at radius 2 is 1.90 bits per heavy atom. The van der Waals surface area contributed by atoms with Crippen molar-refractivity contribution in [1.82, 2.24) is 25.1 Å². The van der Waals surface area contributed by atoms with Gasteiger partial charge in [-0.3, -0.25) is 0 Å². The molecule has 4 rings (SSSR count). The molecule has 0 spiro atoms. The van der Waals surface area contributed by atoms with E-state index in [-0.39, 0.29) is 6.04 Å². The van der Waals surface area contributed by atoms with Crippen LogP contribution in [0.4, 0.5) is 0 Å². The summed E-state index contributed by atoms with van der Waals surface area (Å²) in [6, 6.07) is 14.4. The van der Waals surface area contributed by atoms with Crippen LogP contribution in [-0.2, 0) is 0 Å². The number of aromatic nitrogens is 4. The second-order valence-electron chi connectivity index (χ2n) is 5.42. The molecule has 0 unspecified atom stereocenters. The fraction of sp³-hybridized carbons (Fsp3) is 0.312. The van der Waals surface area contributed by atoms with Gasteiger partial charge in [-0.25, -0.2) is 0 Å². The van der Waals surface area contributed by atoms with E-state index in [1.807, 2.05) is 34.8 Å². The number of benzene rings is 1. The summed E-state index contributed by atoms with van der Waals surface area (Å²) >= 11 is 0. The molecule has 0 amide bonds. The van der Waals surface area contributed by atoms with Gasteiger partial charge >= 0.3 is 0 Å². The van der Waals surface area contributed by atoms with Crippen LogP contribution in [0.25, 0.3) is 16.9 Å². The maximum absolute atomic E-state index is 4.73. The molecular weight excluding hydrogens is 262 g/mol. The molecule has 21 heavy (non-hydrogen) atoms. The molecule has 0 radical (unpaired) electrons. The van der Waals surface area contributed by atoms with Gasteiger partial charge in [-0.05, 0) is 31.5 Å². The van der Waals surface area contributed by atoms with Crippen molar-refractivity contribution in [2.45, 2.75) is 25.3 Å². The highest BCUT2D eigenvalue weighted by Gasteiger charge is 2.21. The second-order valence-corrected chi connectivity index (χ2v) is 5.42. The van der Waals surface area contributed by atoms with E-state index in [4.69, 9.17) is 5.10 Å². The van der Waals surface area contributed by atoms with E-state index >= 15 is 0 Å². The number of nitrogens with one attached hydrogen (secondary N) is 1. The Bertz CT molecular complexity index is 744. The van der Waals surface area contributed by atoms with Crippen molar-refractivity contribution < 1.29 is 0 Å². The van der Waals surface area contributed by atoms with Gasteiger partial charge in [0, 0.05) is 5.56 Å². The third-order valence-corrected chi connectivity index (χ3v) is 3.98. The standard InChI is InChI=1S/C16H17N5/c1-2-6-12(7-3-1)13-9-10-15-18-19-16(21(15)20-13)14-8-4-5-11-17-14/h1-3,6-7,9-10,14,17H,4-5,8,11H2/t14-/m1/s1. The molecule has 106 valence electrons. The Labute approximate surface area is 123 Å². The molecule has 1 aliphatic heterocycles. The minimum Gasteiger partial charge on any atom is -0.307 e. The topological polar surface area (TPSA) is 55.1 Å². The lowest BCUT2D eigenvalue weighted by molar-refractivity contribution is 0.392. The van der Waals surface area contributed by atoms with Crippen LogP contribution >= 0.6 is 0 Å². The van der Waals surface area contributed by atoms with Gasteiger partial charge in [0.1, 0.15) is 0 Å². The summed E-state index contributed by atoms with van der Waals surface area (Å²) in [5.41, 5.74) is 2.85. The summed E-state index contributed by atoms with van der Waals surface area (Å²) in [7, 11) is 0. The number of nitrogens with zero attached hydrogens (tertiary/aromatic N) is 4. The van der Waals surface area contributed by atoms with Crippen molar-refractivity contribution in [3.8, 4) is 11.3 Å². The highest BCUT2D eigenvalue weighted by atomic mass is 15.4. The molecule has 1 aliphatic rings. The van der Waals surface area contributed by atoms with E-state index in [2.05, 4.69) is 27.6 Å². The maximum atomic E-state index is 4.73. The van der Waals surface area contributed by atoms with Crippen LogP contribution in [0.5, 0.6) is 0 Å². The number of piperidine rings is 1. The molecule has 1 atom stereocenters. The van der Waals surface area contributed by atoms with Gasteiger partial charge in [0.2, 0.25) is 0 Å². The largest absolute Gasteiger partial charge is 0.307 e. The summed E-state index contributed by atoms with van der Waals surface area (Å²) in [4.78, 5) is 0. The van der Waals surface area contributed by atoms with Crippen molar-refractivity contribution in [3.63, 3.8) is 0 Å². The second kappa shape index (κ2) is 5.26. The van der Waals surface area contributed by atoms with Gasteiger partial charge in [0.25, 0.3) is 0 Å². The lowest BCUT2D eigenvalue weighted by atomic mass is 10.0. The van der Waals surface area contributed by atoms with Crippen LogP contribution in [0.3, 0.4) is 0 Å². The van der Waals surface area contributed by atoms with Gasteiger partial charge in [0.05, 0.1) is 11.7 Å². The van der Waals surface area contributed by atoms with Crippen LogP contribution in [-0.4, -0.2) is 26.4 Å². The minimum atomic E-state index is 0.257. The molecule has 5 nitrogen and oxygen atoms in total. The molecule has 3 heterocycles. The molecular formula is C16H17N5. The molecule has 0 bridgehead atoms. The quantitative estimate of drug-likeness (QED) is 0.783. The Morgan fingerprint density at radius 3 is 2.71 bits per heavy atom.